The van der Waals surface area contributed by atoms with E-state index in [4.69, 9.17) is 25.5 Å². The Hall–Kier alpha value is -2.44. The molecule has 1 aliphatic heterocycles. The lowest BCUT2D eigenvalue weighted by Gasteiger charge is -2.33. The molecule has 180 valence electrons. The molecule has 1 amide bonds. The van der Waals surface area contributed by atoms with Gasteiger partial charge in [-0.2, -0.15) is 0 Å². The molecule has 4 rings (SSSR count). The van der Waals surface area contributed by atoms with E-state index in [1.807, 2.05) is 0 Å². The summed E-state index contributed by atoms with van der Waals surface area (Å²) in [4.78, 5) is 12.1. The number of ether oxygens (including phenoxy) is 3. The molecule has 33 heavy (non-hydrogen) atoms. The fourth-order valence-electron chi connectivity index (χ4n) is 3.64. The Morgan fingerprint density at radius 2 is 1.85 bits per heavy atom. The van der Waals surface area contributed by atoms with Crippen LogP contribution in [-0.2, 0) is 14.3 Å². The number of rotatable bonds is 7. The minimum atomic E-state index is -4.69. The van der Waals surface area contributed by atoms with Crippen LogP contribution >= 0.6 is 11.6 Å². The standard InChI is InChI=1S/C20H20ClF4N3O5/c21-11-1-3-13(4-2-11)30-9-16(29)26-12-7-15(22)17(31-8-12)19-28-27-18(32-19)10-5-14(6-10)33-20(23,24)25/h1-4,10,12,14-15,17H,5-9H2,(H,26,29)/t10?,12-,14?,15-,17+/m1/s1. The van der Waals surface area contributed by atoms with Gasteiger partial charge in [-0.25, -0.2) is 4.39 Å². The van der Waals surface area contributed by atoms with Crippen LogP contribution in [0.3, 0.4) is 0 Å². The summed E-state index contributed by atoms with van der Waals surface area (Å²) in [5.41, 5.74) is 0. The molecule has 0 bridgehead atoms. The summed E-state index contributed by atoms with van der Waals surface area (Å²) in [6.07, 6.45) is -8.18. The van der Waals surface area contributed by atoms with Gasteiger partial charge in [0, 0.05) is 17.4 Å². The molecule has 1 aromatic carbocycles. The number of nitrogens with one attached hydrogen (secondary N) is 1. The number of alkyl halides is 4. The molecular formula is C20H20ClF4N3O5. The smallest absolute Gasteiger partial charge is 0.484 e. The Bertz CT molecular complexity index is 952. The molecule has 2 aromatic rings. The molecular weight excluding hydrogens is 474 g/mol. The average molecular weight is 494 g/mol. The van der Waals surface area contributed by atoms with Crippen LogP contribution in [-0.4, -0.2) is 54.0 Å². The van der Waals surface area contributed by atoms with Crippen LogP contribution in [0.2, 0.25) is 5.02 Å². The number of benzene rings is 1. The average Bonchev–Trinajstić information content (AvgIpc) is 3.18. The summed E-state index contributed by atoms with van der Waals surface area (Å²) < 4.78 is 71.6. The molecule has 3 atom stereocenters. The highest BCUT2D eigenvalue weighted by molar-refractivity contribution is 6.30. The Labute approximate surface area is 190 Å². The second kappa shape index (κ2) is 9.82. The maximum Gasteiger partial charge on any atom is 0.522 e. The minimum absolute atomic E-state index is 0.0143. The van der Waals surface area contributed by atoms with Crippen molar-refractivity contribution in [1.82, 2.24) is 15.5 Å². The first-order chi connectivity index (χ1) is 15.7. The van der Waals surface area contributed by atoms with Gasteiger partial charge in [0.05, 0.1) is 18.8 Å². The van der Waals surface area contributed by atoms with E-state index in [9.17, 15) is 22.4 Å². The molecule has 1 aliphatic carbocycles. The predicted molar refractivity (Wildman–Crippen MR) is 104 cm³/mol. The van der Waals surface area contributed by atoms with Crippen LogP contribution in [0.25, 0.3) is 0 Å². The van der Waals surface area contributed by atoms with Crippen LogP contribution in [0.15, 0.2) is 28.7 Å². The van der Waals surface area contributed by atoms with Crippen molar-refractivity contribution in [2.24, 2.45) is 0 Å². The fraction of sp³-hybridized carbons (Fsp3) is 0.550. The molecule has 2 aliphatic rings. The zero-order valence-corrected chi connectivity index (χ0v) is 17.8. The third-order valence-electron chi connectivity index (χ3n) is 5.31. The van der Waals surface area contributed by atoms with Gasteiger partial charge in [0.25, 0.3) is 5.91 Å². The lowest BCUT2D eigenvalue weighted by Crippen LogP contribution is -2.46. The summed E-state index contributed by atoms with van der Waals surface area (Å²) >= 11 is 5.78. The number of hydrogen-bond donors (Lipinski definition) is 1. The van der Waals surface area contributed by atoms with Crippen molar-refractivity contribution in [2.45, 2.75) is 56.0 Å². The minimum Gasteiger partial charge on any atom is -0.484 e. The molecule has 13 heteroatoms. The van der Waals surface area contributed by atoms with E-state index in [2.05, 4.69) is 20.3 Å². The maximum absolute atomic E-state index is 14.7. The van der Waals surface area contributed by atoms with Gasteiger partial charge in [0.2, 0.25) is 11.8 Å². The van der Waals surface area contributed by atoms with Gasteiger partial charge in [0.15, 0.2) is 12.7 Å². The highest BCUT2D eigenvalue weighted by Gasteiger charge is 2.43. The Kier molecular flexibility index (Phi) is 7.05. The van der Waals surface area contributed by atoms with E-state index in [1.165, 1.54) is 0 Å². The molecule has 8 nitrogen and oxygen atoms in total. The molecule has 2 fully saturated rings. The predicted octanol–water partition coefficient (Wildman–Crippen LogP) is 3.87. The summed E-state index contributed by atoms with van der Waals surface area (Å²) in [6, 6.07) is 5.91. The van der Waals surface area contributed by atoms with E-state index in [1.54, 1.807) is 24.3 Å². The zero-order valence-electron chi connectivity index (χ0n) is 17.1. The van der Waals surface area contributed by atoms with Crippen molar-refractivity contribution >= 4 is 17.5 Å². The summed E-state index contributed by atoms with van der Waals surface area (Å²) in [7, 11) is 0. The van der Waals surface area contributed by atoms with Crippen LogP contribution in [0.4, 0.5) is 17.6 Å². The zero-order chi connectivity index (χ0) is 23.6. The van der Waals surface area contributed by atoms with E-state index in [0.29, 0.717) is 10.8 Å². The second-order valence-electron chi connectivity index (χ2n) is 7.85. The summed E-state index contributed by atoms with van der Waals surface area (Å²) in [6.45, 7) is -0.244. The van der Waals surface area contributed by atoms with Crippen molar-refractivity contribution in [3.8, 4) is 5.75 Å². The van der Waals surface area contributed by atoms with Crippen molar-refractivity contribution in [2.75, 3.05) is 13.2 Å². The Morgan fingerprint density at radius 1 is 1.15 bits per heavy atom. The van der Waals surface area contributed by atoms with Crippen molar-refractivity contribution in [1.29, 1.82) is 0 Å². The second-order valence-corrected chi connectivity index (χ2v) is 8.28. The van der Waals surface area contributed by atoms with Crippen molar-refractivity contribution in [3.05, 3.63) is 41.1 Å². The number of carbonyl (C=O) groups is 1. The lowest BCUT2D eigenvalue weighted by atomic mass is 9.82. The van der Waals surface area contributed by atoms with Crippen molar-refractivity contribution < 1.29 is 41.0 Å². The summed E-state index contributed by atoms with van der Waals surface area (Å²) in [5, 5.41) is 10.8. The molecule has 1 saturated carbocycles. The first-order valence-corrected chi connectivity index (χ1v) is 10.6. The number of hydrogen-bond acceptors (Lipinski definition) is 7. The third-order valence-corrected chi connectivity index (χ3v) is 5.56. The van der Waals surface area contributed by atoms with Crippen LogP contribution in [0, 0.1) is 0 Å². The first-order valence-electron chi connectivity index (χ1n) is 10.2. The number of carbonyl (C=O) groups excluding carboxylic acids is 1. The molecule has 0 spiro atoms. The Balaban J connectivity index is 1.22. The van der Waals surface area contributed by atoms with Crippen LogP contribution in [0.1, 0.15) is 43.1 Å². The van der Waals surface area contributed by atoms with Crippen LogP contribution in [0.5, 0.6) is 5.75 Å². The lowest BCUT2D eigenvalue weighted by molar-refractivity contribution is -0.352. The molecule has 1 aromatic heterocycles. The van der Waals surface area contributed by atoms with Gasteiger partial charge in [0.1, 0.15) is 11.9 Å². The maximum atomic E-state index is 14.7. The van der Waals surface area contributed by atoms with Gasteiger partial charge in [-0.1, -0.05) is 11.6 Å². The molecule has 1 N–H and O–H groups in total. The number of aromatic nitrogens is 2. The molecule has 0 radical (unpaired) electrons. The monoisotopic (exact) mass is 493 g/mol. The van der Waals surface area contributed by atoms with E-state index >= 15 is 0 Å². The van der Waals surface area contributed by atoms with Gasteiger partial charge in [-0.05, 0) is 37.1 Å². The number of amides is 1. The number of nitrogens with zero attached hydrogens (tertiary/aromatic N) is 2. The van der Waals surface area contributed by atoms with E-state index < -0.39 is 36.7 Å². The molecule has 1 saturated heterocycles. The quantitative estimate of drug-likeness (QED) is 0.585. The number of halogens is 5. The van der Waals surface area contributed by atoms with Crippen LogP contribution < -0.4 is 10.1 Å². The fourth-order valence-corrected chi connectivity index (χ4v) is 3.77. The third kappa shape index (κ3) is 6.33. The highest BCUT2D eigenvalue weighted by atomic mass is 35.5. The summed E-state index contributed by atoms with van der Waals surface area (Å²) in [5.74, 6) is -0.322. The highest BCUT2D eigenvalue weighted by Crippen LogP contribution is 2.41. The van der Waals surface area contributed by atoms with E-state index in [0.717, 1.165) is 0 Å². The molecule has 2 heterocycles. The van der Waals surface area contributed by atoms with Gasteiger partial charge in [-0.15, -0.1) is 23.4 Å². The van der Waals surface area contributed by atoms with Gasteiger partial charge < -0.3 is 19.2 Å². The van der Waals surface area contributed by atoms with Crippen molar-refractivity contribution in [3.63, 3.8) is 0 Å². The topological polar surface area (TPSA) is 95.7 Å². The van der Waals surface area contributed by atoms with Gasteiger partial charge >= 0.3 is 6.36 Å². The Morgan fingerprint density at radius 3 is 2.52 bits per heavy atom. The SMILES string of the molecule is O=C(COc1ccc(Cl)cc1)N[C@H]1CO[C@H](c2nnc(C3CC(OC(F)(F)F)C3)o2)[C@H](F)C1. The van der Waals surface area contributed by atoms with E-state index in [-0.39, 0.29) is 50.2 Å². The normalized spacial score (nSPS) is 27.6. The first kappa shape index (κ1) is 23.7. The van der Waals surface area contributed by atoms with Gasteiger partial charge in [-0.3, -0.25) is 9.53 Å². The largest absolute Gasteiger partial charge is 0.522 e. The molecule has 0 unspecified atom stereocenters.